The van der Waals surface area contributed by atoms with Gasteiger partial charge in [0, 0.05) is 19.0 Å². The maximum atomic E-state index is 11.9. The summed E-state index contributed by atoms with van der Waals surface area (Å²) < 4.78 is 11.9. The number of likely N-dealkylation sites (tertiary alicyclic amines) is 1. The topological polar surface area (TPSA) is 23.5 Å². The van der Waals surface area contributed by atoms with Gasteiger partial charge in [-0.1, -0.05) is 0 Å². The van der Waals surface area contributed by atoms with E-state index >= 15 is 0 Å². The predicted molar refractivity (Wildman–Crippen MR) is 42.2 cm³/mol. The summed E-state index contributed by atoms with van der Waals surface area (Å²) in [5.74, 6) is 0.152. The molecule has 0 amide bonds. The fraction of sp³-hybridized carbons (Fsp3) is 1.00. The van der Waals surface area contributed by atoms with Gasteiger partial charge >= 0.3 is 0 Å². The van der Waals surface area contributed by atoms with E-state index in [0.717, 1.165) is 19.5 Å². The van der Waals surface area contributed by atoms with Crippen molar-refractivity contribution in [1.82, 2.24) is 4.90 Å². The Kier molecular flexibility index (Phi) is 3.27. The Balaban J connectivity index is 2.34. The lowest BCUT2D eigenvalue weighted by molar-refractivity contribution is 0.0295. The maximum absolute atomic E-state index is 11.9. The summed E-state index contributed by atoms with van der Waals surface area (Å²) >= 11 is 0. The molecule has 0 aromatic heterocycles. The molecule has 0 aliphatic carbocycles. The largest absolute Gasteiger partial charge is 0.393 e. The van der Waals surface area contributed by atoms with Gasteiger partial charge in [0.15, 0.2) is 0 Å². The molecule has 0 aromatic rings. The zero-order valence-electron chi connectivity index (χ0n) is 6.96. The molecule has 0 radical (unpaired) electrons. The molecular weight excluding hydrogens is 145 g/mol. The normalized spacial score (nSPS) is 34.1. The van der Waals surface area contributed by atoms with E-state index in [0.29, 0.717) is 6.42 Å². The van der Waals surface area contributed by atoms with E-state index in [-0.39, 0.29) is 18.7 Å². The minimum atomic E-state index is -0.310. The quantitative estimate of drug-likeness (QED) is 0.643. The van der Waals surface area contributed by atoms with Crippen molar-refractivity contribution in [2.75, 3.05) is 26.8 Å². The van der Waals surface area contributed by atoms with E-state index in [4.69, 9.17) is 0 Å². The van der Waals surface area contributed by atoms with Crippen LogP contribution in [0, 0.1) is 5.92 Å². The summed E-state index contributed by atoms with van der Waals surface area (Å²) in [4.78, 5) is 2.15. The molecule has 2 unspecified atom stereocenters. The van der Waals surface area contributed by atoms with Gasteiger partial charge < -0.3 is 10.0 Å². The van der Waals surface area contributed by atoms with Gasteiger partial charge in [0.25, 0.3) is 0 Å². The van der Waals surface area contributed by atoms with Crippen LogP contribution in [0.15, 0.2) is 0 Å². The highest BCUT2D eigenvalue weighted by Crippen LogP contribution is 2.18. The van der Waals surface area contributed by atoms with Crippen LogP contribution in [0.5, 0.6) is 0 Å². The molecule has 1 fully saturated rings. The molecule has 0 aromatic carbocycles. The molecule has 3 heteroatoms. The lowest BCUT2D eigenvalue weighted by Gasteiger charge is -2.33. The van der Waals surface area contributed by atoms with Crippen LogP contribution >= 0.6 is 0 Å². The number of alkyl halides is 1. The van der Waals surface area contributed by atoms with E-state index < -0.39 is 0 Å². The van der Waals surface area contributed by atoms with Crippen LogP contribution in [0.4, 0.5) is 4.39 Å². The van der Waals surface area contributed by atoms with E-state index in [1.165, 1.54) is 0 Å². The molecule has 1 rings (SSSR count). The summed E-state index contributed by atoms with van der Waals surface area (Å²) in [5.41, 5.74) is 0. The van der Waals surface area contributed by atoms with Crippen LogP contribution in [-0.4, -0.2) is 42.9 Å². The maximum Gasteiger partial charge on any atom is 0.0898 e. The molecule has 1 N–H and O–H groups in total. The van der Waals surface area contributed by atoms with Crippen molar-refractivity contribution >= 4 is 0 Å². The molecule has 1 aliphatic rings. The molecule has 0 bridgehead atoms. The Morgan fingerprint density at radius 3 is 3.00 bits per heavy atom. The summed E-state index contributed by atoms with van der Waals surface area (Å²) in [5, 5.41) is 9.42. The number of aliphatic hydroxyl groups is 1. The smallest absolute Gasteiger partial charge is 0.0898 e. The first-order chi connectivity index (χ1) is 5.24. The molecule has 2 atom stereocenters. The molecule has 0 saturated carbocycles. The summed E-state index contributed by atoms with van der Waals surface area (Å²) in [6, 6.07) is 0. The van der Waals surface area contributed by atoms with Crippen molar-refractivity contribution in [2.45, 2.75) is 18.9 Å². The van der Waals surface area contributed by atoms with E-state index in [1.54, 1.807) is 0 Å². The molecule has 2 nitrogen and oxygen atoms in total. The Hall–Kier alpha value is -0.150. The van der Waals surface area contributed by atoms with Crippen molar-refractivity contribution in [1.29, 1.82) is 0 Å². The number of piperidine rings is 1. The van der Waals surface area contributed by atoms with Crippen molar-refractivity contribution < 1.29 is 9.50 Å². The lowest BCUT2D eigenvalue weighted by atomic mass is 9.93. The van der Waals surface area contributed by atoms with E-state index in [1.807, 2.05) is 7.05 Å². The Morgan fingerprint density at radius 1 is 1.64 bits per heavy atom. The molecule has 1 heterocycles. The molecular formula is C8H16FNO. The van der Waals surface area contributed by atoms with Crippen molar-refractivity contribution in [3.63, 3.8) is 0 Å². The van der Waals surface area contributed by atoms with Crippen LogP contribution in [0.25, 0.3) is 0 Å². The van der Waals surface area contributed by atoms with Crippen molar-refractivity contribution in [3.05, 3.63) is 0 Å². The first kappa shape index (κ1) is 8.94. The van der Waals surface area contributed by atoms with Gasteiger partial charge in [0.05, 0.1) is 12.8 Å². The predicted octanol–water partition coefficient (Wildman–Crippen LogP) is 0.659. The Bertz CT molecular complexity index is 121. The number of rotatable bonds is 2. The van der Waals surface area contributed by atoms with Gasteiger partial charge in [-0.3, -0.25) is 4.39 Å². The number of nitrogens with zero attached hydrogens (tertiary/aromatic N) is 1. The summed E-state index contributed by atoms with van der Waals surface area (Å²) in [6.07, 6.45) is 1.02. The molecule has 1 saturated heterocycles. The highest BCUT2D eigenvalue weighted by Gasteiger charge is 2.25. The average molecular weight is 161 g/mol. The number of halogens is 1. The average Bonchev–Trinajstić information content (AvgIpc) is 1.98. The standard InChI is InChI=1S/C8H16FNO/c1-10-5-3-8(11)7(6-10)2-4-9/h7-8,11H,2-6H2,1H3. The molecule has 66 valence electrons. The number of hydrogen-bond acceptors (Lipinski definition) is 2. The van der Waals surface area contributed by atoms with Crippen LogP contribution in [-0.2, 0) is 0 Å². The third kappa shape index (κ3) is 2.42. The van der Waals surface area contributed by atoms with Gasteiger partial charge in [-0.2, -0.15) is 0 Å². The Labute approximate surface area is 67.0 Å². The van der Waals surface area contributed by atoms with E-state index in [2.05, 4.69) is 4.90 Å². The third-order valence-electron chi connectivity index (χ3n) is 2.38. The summed E-state index contributed by atoms with van der Waals surface area (Å²) in [7, 11) is 2.01. The van der Waals surface area contributed by atoms with Crippen LogP contribution in [0.1, 0.15) is 12.8 Å². The second-order valence-electron chi connectivity index (χ2n) is 3.36. The fourth-order valence-corrected chi connectivity index (χ4v) is 1.63. The van der Waals surface area contributed by atoms with Gasteiger partial charge in [-0.25, -0.2) is 0 Å². The van der Waals surface area contributed by atoms with Crippen molar-refractivity contribution in [2.24, 2.45) is 5.92 Å². The first-order valence-corrected chi connectivity index (χ1v) is 4.16. The highest BCUT2D eigenvalue weighted by molar-refractivity contribution is 4.77. The second-order valence-corrected chi connectivity index (χ2v) is 3.36. The second kappa shape index (κ2) is 4.02. The highest BCUT2D eigenvalue weighted by atomic mass is 19.1. The third-order valence-corrected chi connectivity index (χ3v) is 2.38. The SMILES string of the molecule is CN1CCC(O)C(CCF)C1. The minimum absolute atomic E-state index is 0.152. The lowest BCUT2D eigenvalue weighted by Crippen LogP contribution is -2.41. The zero-order valence-corrected chi connectivity index (χ0v) is 6.96. The molecule has 1 aliphatic heterocycles. The zero-order chi connectivity index (χ0) is 8.27. The number of aliphatic hydroxyl groups excluding tert-OH is 1. The molecule has 0 spiro atoms. The van der Waals surface area contributed by atoms with Crippen molar-refractivity contribution in [3.8, 4) is 0 Å². The summed E-state index contributed by atoms with van der Waals surface area (Å²) in [6.45, 7) is 1.46. The first-order valence-electron chi connectivity index (χ1n) is 4.16. The fourth-order valence-electron chi connectivity index (χ4n) is 1.63. The minimum Gasteiger partial charge on any atom is -0.393 e. The van der Waals surface area contributed by atoms with Crippen LogP contribution in [0.2, 0.25) is 0 Å². The van der Waals surface area contributed by atoms with Gasteiger partial charge in [-0.05, 0) is 19.9 Å². The van der Waals surface area contributed by atoms with E-state index in [9.17, 15) is 9.50 Å². The van der Waals surface area contributed by atoms with Gasteiger partial charge in [0.2, 0.25) is 0 Å². The van der Waals surface area contributed by atoms with Crippen LogP contribution in [0.3, 0.4) is 0 Å². The van der Waals surface area contributed by atoms with Gasteiger partial charge in [-0.15, -0.1) is 0 Å². The molecule has 11 heavy (non-hydrogen) atoms. The van der Waals surface area contributed by atoms with Crippen LogP contribution < -0.4 is 0 Å². The van der Waals surface area contributed by atoms with Gasteiger partial charge in [0.1, 0.15) is 0 Å². The number of hydrogen-bond donors (Lipinski definition) is 1. The monoisotopic (exact) mass is 161 g/mol. The Morgan fingerprint density at radius 2 is 2.36 bits per heavy atom.